The highest BCUT2D eigenvalue weighted by Crippen LogP contribution is 2.27. The van der Waals surface area contributed by atoms with Crippen molar-refractivity contribution < 1.29 is 9.72 Å². The minimum absolute atomic E-state index is 0.0179. The van der Waals surface area contributed by atoms with Gasteiger partial charge in [0.2, 0.25) is 0 Å². The van der Waals surface area contributed by atoms with Crippen molar-refractivity contribution in [2.45, 2.75) is 6.42 Å². The fourth-order valence-corrected chi connectivity index (χ4v) is 2.96. The van der Waals surface area contributed by atoms with Crippen LogP contribution < -0.4 is 5.32 Å². The van der Waals surface area contributed by atoms with Crippen molar-refractivity contribution in [2.75, 3.05) is 26.7 Å². The normalized spacial score (nSPS) is 19.2. The topological polar surface area (TPSA) is 75.5 Å². The van der Waals surface area contributed by atoms with Crippen LogP contribution in [0.15, 0.2) is 12.1 Å². The SMILES string of the molecule is CNCC1CCN(C(=O)c2ccc([N+](=O)[O-])s2)C1. The highest BCUT2D eigenvalue weighted by Gasteiger charge is 2.28. The van der Waals surface area contributed by atoms with Gasteiger partial charge in [0.15, 0.2) is 0 Å². The van der Waals surface area contributed by atoms with E-state index in [2.05, 4.69) is 5.32 Å². The number of likely N-dealkylation sites (tertiary alicyclic amines) is 1. The van der Waals surface area contributed by atoms with E-state index in [1.54, 1.807) is 4.90 Å². The van der Waals surface area contributed by atoms with Crippen LogP contribution in [0.2, 0.25) is 0 Å². The summed E-state index contributed by atoms with van der Waals surface area (Å²) < 4.78 is 0. The van der Waals surface area contributed by atoms with E-state index >= 15 is 0 Å². The van der Waals surface area contributed by atoms with Crippen molar-refractivity contribution in [1.29, 1.82) is 0 Å². The van der Waals surface area contributed by atoms with Gasteiger partial charge in [-0.3, -0.25) is 14.9 Å². The van der Waals surface area contributed by atoms with Crippen LogP contribution >= 0.6 is 11.3 Å². The molecule has 0 bridgehead atoms. The molecule has 6 nitrogen and oxygen atoms in total. The predicted molar refractivity (Wildman–Crippen MR) is 68.9 cm³/mol. The summed E-state index contributed by atoms with van der Waals surface area (Å²) in [5.41, 5.74) is 0. The Kier molecular flexibility index (Phi) is 3.93. The first kappa shape index (κ1) is 13.0. The maximum atomic E-state index is 12.1. The zero-order chi connectivity index (χ0) is 13.1. The van der Waals surface area contributed by atoms with Crippen molar-refractivity contribution in [3.63, 3.8) is 0 Å². The van der Waals surface area contributed by atoms with E-state index in [4.69, 9.17) is 0 Å². The van der Waals surface area contributed by atoms with Gasteiger partial charge in [0.1, 0.15) is 0 Å². The Balaban J connectivity index is 2.01. The summed E-state index contributed by atoms with van der Waals surface area (Å²) in [6.45, 7) is 2.36. The maximum Gasteiger partial charge on any atom is 0.324 e. The van der Waals surface area contributed by atoms with Crippen LogP contribution in [0.3, 0.4) is 0 Å². The van der Waals surface area contributed by atoms with Gasteiger partial charge in [-0.2, -0.15) is 0 Å². The molecule has 1 atom stereocenters. The van der Waals surface area contributed by atoms with Gasteiger partial charge in [-0.15, -0.1) is 0 Å². The fraction of sp³-hybridized carbons (Fsp3) is 0.545. The van der Waals surface area contributed by atoms with E-state index in [1.165, 1.54) is 12.1 Å². The smallest absolute Gasteiger partial charge is 0.324 e. The summed E-state index contributed by atoms with van der Waals surface area (Å²) in [6.07, 6.45) is 0.986. The zero-order valence-corrected chi connectivity index (χ0v) is 10.9. The van der Waals surface area contributed by atoms with E-state index in [0.29, 0.717) is 10.8 Å². The van der Waals surface area contributed by atoms with Crippen LogP contribution in [-0.2, 0) is 0 Å². The molecule has 7 heteroatoms. The lowest BCUT2D eigenvalue weighted by molar-refractivity contribution is -0.380. The molecule has 1 N–H and O–H groups in total. The lowest BCUT2D eigenvalue weighted by Crippen LogP contribution is -2.29. The number of carbonyl (C=O) groups excluding carboxylic acids is 1. The fourth-order valence-electron chi connectivity index (χ4n) is 2.17. The van der Waals surface area contributed by atoms with Crippen molar-refractivity contribution in [3.8, 4) is 0 Å². The van der Waals surface area contributed by atoms with Gasteiger partial charge < -0.3 is 10.2 Å². The second kappa shape index (κ2) is 5.45. The molecule has 2 rings (SSSR count). The summed E-state index contributed by atoms with van der Waals surface area (Å²) in [6, 6.07) is 2.93. The summed E-state index contributed by atoms with van der Waals surface area (Å²) in [5.74, 6) is 0.389. The number of carbonyl (C=O) groups is 1. The van der Waals surface area contributed by atoms with Gasteiger partial charge in [-0.25, -0.2) is 0 Å². The molecular weight excluding hydrogens is 254 g/mol. The van der Waals surface area contributed by atoms with Crippen LogP contribution in [0.1, 0.15) is 16.1 Å². The van der Waals surface area contributed by atoms with E-state index in [-0.39, 0.29) is 10.9 Å². The monoisotopic (exact) mass is 269 g/mol. The van der Waals surface area contributed by atoms with Gasteiger partial charge in [-0.05, 0) is 32.0 Å². The number of thiophene rings is 1. The standard InChI is InChI=1S/C11H15N3O3S/c1-12-6-8-4-5-13(7-8)11(15)9-2-3-10(18-9)14(16)17/h2-3,8,12H,4-7H2,1H3. The molecule has 1 unspecified atom stereocenters. The highest BCUT2D eigenvalue weighted by molar-refractivity contribution is 7.17. The molecule has 0 saturated carbocycles. The average Bonchev–Trinajstić information content (AvgIpc) is 2.97. The number of nitro groups is 1. The first-order valence-electron chi connectivity index (χ1n) is 5.80. The van der Waals surface area contributed by atoms with E-state index in [9.17, 15) is 14.9 Å². The number of nitrogens with zero attached hydrogens (tertiary/aromatic N) is 2. The number of rotatable bonds is 4. The van der Waals surface area contributed by atoms with Crippen molar-refractivity contribution >= 4 is 22.2 Å². The van der Waals surface area contributed by atoms with E-state index in [1.807, 2.05) is 7.05 Å². The molecule has 98 valence electrons. The molecule has 0 spiro atoms. The number of amides is 1. The Morgan fingerprint density at radius 3 is 3.06 bits per heavy atom. The van der Waals surface area contributed by atoms with Gasteiger partial charge in [0.25, 0.3) is 5.91 Å². The molecule has 18 heavy (non-hydrogen) atoms. The lowest BCUT2D eigenvalue weighted by atomic mass is 10.1. The third kappa shape index (κ3) is 2.68. The number of hydrogen-bond donors (Lipinski definition) is 1. The summed E-state index contributed by atoms with van der Waals surface area (Å²) >= 11 is 0.945. The van der Waals surface area contributed by atoms with Crippen LogP contribution in [0, 0.1) is 16.0 Å². The van der Waals surface area contributed by atoms with Gasteiger partial charge in [0.05, 0.1) is 9.80 Å². The number of hydrogen-bond acceptors (Lipinski definition) is 5. The lowest BCUT2D eigenvalue weighted by Gasteiger charge is -2.15. The average molecular weight is 269 g/mol. The molecule has 0 radical (unpaired) electrons. The minimum atomic E-state index is -0.463. The second-order valence-corrected chi connectivity index (χ2v) is 5.42. The Morgan fingerprint density at radius 2 is 2.44 bits per heavy atom. The maximum absolute atomic E-state index is 12.1. The van der Waals surface area contributed by atoms with Gasteiger partial charge in [-0.1, -0.05) is 11.3 Å². The Hall–Kier alpha value is -1.47. The Morgan fingerprint density at radius 1 is 1.67 bits per heavy atom. The molecule has 1 fully saturated rings. The molecule has 1 aliphatic heterocycles. The molecule has 1 saturated heterocycles. The molecule has 1 aromatic rings. The molecule has 2 heterocycles. The second-order valence-electron chi connectivity index (χ2n) is 4.36. The van der Waals surface area contributed by atoms with Crippen molar-refractivity contribution in [2.24, 2.45) is 5.92 Å². The van der Waals surface area contributed by atoms with E-state index < -0.39 is 4.92 Å². The minimum Gasteiger partial charge on any atom is -0.338 e. The first-order chi connectivity index (χ1) is 8.61. The predicted octanol–water partition coefficient (Wildman–Crippen LogP) is 1.34. The van der Waals surface area contributed by atoms with Crippen LogP contribution in [0.4, 0.5) is 5.00 Å². The third-order valence-electron chi connectivity index (χ3n) is 3.05. The largest absolute Gasteiger partial charge is 0.338 e. The van der Waals surface area contributed by atoms with E-state index in [0.717, 1.165) is 37.4 Å². The summed E-state index contributed by atoms with van der Waals surface area (Å²) in [4.78, 5) is 24.5. The third-order valence-corrected chi connectivity index (χ3v) is 4.07. The molecule has 1 aliphatic rings. The van der Waals surface area contributed by atoms with Crippen LogP contribution in [0.25, 0.3) is 0 Å². The highest BCUT2D eigenvalue weighted by atomic mass is 32.1. The van der Waals surface area contributed by atoms with Crippen LogP contribution in [0.5, 0.6) is 0 Å². The van der Waals surface area contributed by atoms with Gasteiger partial charge >= 0.3 is 5.00 Å². The summed E-state index contributed by atoms with van der Waals surface area (Å²) in [5, 5.41) is 13.7. The Labute approximate surface area is 109 Å². The first-order valence-corrected chi connectivity index (χ1v) is 6.61. The van der Waals surface area contributed by atoms with Crippen molar-refractivity contribution in [3.05, 3.63) is 27.1 Å². The van der Waals surface area contributed by atoms with Crippen LogP contribution in [-0.4, -0.2) is 42.4 Å². The van der Waals surface area contributed by atoms with Gasteiger partial charge in [0, 0.05) is 19.2 Å². The molecule has 0 aromatic carbocycles. The molecule has 1 aromatic heterocycles. The summed E-state index contributed by atoms with van der Waals surface area (Å²) in [7, 11) is 1.90. The number of nitrogens with one attached hydrogen (secondary N) is 1. The Bertz CT molecular complexity index is 460. The van der Waals surface area contributed by atoms with Crippen molar-refractivity contribution in [1.82, 2.24) is 10.2 Å². The molecule has 1 amide bonds. The molecular formula is C11H15N3O3S. The molecule has 0 aliphatic carbocycles. The quantitative estimate of drug-likeness (QED) is 0.661. The zero-order valence-electron chi connectivity index (χ0n) is 10.1.